The first-order valence-corrected chi connectivity index (χ1v) is 2.48. The molecular formula is C5H7AlCl2. The van der Waals surface area contributed by atoms with Gasteiger partial charge in [0.2, 0.25) is 0 Å². The zero-order chi connectivity index (χ0) is 4.99. The first kappa shape index (κ1) is 15.8. The molecule has 0 bridgehead atoms. The molecule has 44 valence electrons. The van der Waals surface area contributed by atoms with Gasteiger partial charge in [-0.15, -0.1) is 0 Å². The fourth-order valence-electron chi connectivity index (χ4n) is 0.164. The average Bonchev–Trinajstić information content (AvgIpc) is 1.35. The van der Waals surface area contributed by atoms with Crippen LogP contribution in [0.1, 0.15) is 6.92 Å². The predicted molar refractivity (Wildman–Crippen MR) is 29.7 cm³/mol. The summed E-state index contributed by atoms with van der Waals surface area (Å²) in [5.74, 6) is 0. The standard InChI is InChI=1S/C5H7.Al.2ClH/c1-4-5(2)3;;;/h1,4H,2H2,3H3;;2*1H/q;+2;;/p-2. The first-order chi connectivity index (χ1) is 2.77. The Morgan fingerprint density at radius 3 is 1.88 bits per heavy atom. The summed E-state index contributed by atoms with van der Waals surface area (Å²) in [4.78, 5) is 1.89. The summed E-state index contributed by atoms with van der Waals surface area (Å²) in [6, 6.07) is 0. The molecule has 0 amide bonds. The fraction of sp³-hybridized carbons (Fsp3) is 0.200. The molecular weight excluding hydrogens is 158 g/mol. The predicted octanol–water partition coefficient (Wildman–Crippen LogP) is -4.75. The Kier molecular flexibility index (Phi) is 20.9. The van der Waals surface area contributed by atoms with Crippen LogP contribution < -0.4 is 24.8 Å². The van der Waals surface area contributed by atoms with Gasteiger partial charge in [0.05, 0.1) is 0 Å². The number of allylic oxidation sites excluding steroid dienone is 2. The average molecular weight is 165 g/mol. The molecule has 0 N–H and O–H groups in total. The van der Waals surface area contributed by atoms with Crippen LogP contribution in [0.15, 0.2) is 23.2 Å². The van der Waals surface area contributed by atoms with Gasteiger partial charge in [0.25, 0.3) is 0 Å². The molecule has 0 rings (SSSR count). The van der Waals surface area contributed by atoms with E-state index >= 15 is 0 Å². The molecule has 3 heteroatoms. The second kappa shape index (κ2) is 10.6. The SMILES string of the molecule is C=C(C)C=[CH][Al+2].[Cl-].[Cl-]. The van der Waals surface area contributed by atoms with Gasteiger partial charge in [-0.2, -0.15) is 0 Å². The minimum Gasteiger partial charge on any atom is -1.00 e. The fourth-order valence-corrected chi connectivity index (χ4v) is 0.493. The molecule has 0 aromatic carbocycles. The zero-order valence-electron chi connectivity index (χ0n) is 4.70. The molecule has 0 spiro atoms. The van der Waals surface area contributed by atoms with E-state index in [0.717, 1.165) is 5.57 Å². The van der Waals surface area contributed by atoms with Crippen LogP contribution in [-0.2, 0) is 0 Å². The van der Waals surface area contributed by atoms with E-state index in [1.807, 2.05) is 17.9 Å². The van der Waals surface area contributed by atoms with Crippen LogP contribution in [0.4, 0.5) is 0 Å². The summed E-state index contributed by atoms with van der Waals surface area (Å²) < 4.78 is 0. The van der Waals surface area contributed by atoms with E-state index in [2.05, 4.69) is 22.9 Å². The molecule has 0 saturated carbocycles. The normalized spacial score (nSPS) is 7.38. The van der Waals surface area contributed by atoms with Gasteiger partial charge in [-0.3, -0.25) is 0 Å². The van der Waals surface area contributed by atoms with E-state index in [9.17, 15) is 0 Å². The van der Waals surface area contributed by atoms with Crippen molar-refractivity contribution in [3.05, 3.63) is 23.2 Å². The van der Waals surface area contributed by atoms with Gasteiger partial charge in [-0.25, -0.2) is 0 Å². The topological polar surface area (TPSA) is 0 Å². The zero-order valence-corrected chi connectivity index (χ0v) is 7.36. The van der Waals surface area contributed by atoms with Crippen molar-refractivity contribution in [1.29, 1.82) is 0 Å². The van der Waals surface area contributed by atoms with Crippen molar-refractivity contribution >= 4 is 16.3 Å². The van der Waals surface area contributed by atoms with E-state index in [0.29, 0.717) is 0 Å². The summed E-state index contributed by atoms with van der Waals surface area (Å²) in [5, 5.41) is 0. The van der Waals surface area contributed by atoms with Crippen molar-refractivity contribution < 1.29 is 24.8 Å². The van der Waals surface area contributed by atoms with Gasteiger partial charge in [0, 0.05) is 0 Å². The Balaban J connectivity index is -0.000000125. The summed E-state index contributed by atoms with van der Waals surface area (Å²) >= 11 is 2.48. The quantitative estimate of drug-likeness (QED) is 0.270. The minimum absolute atomic E-state index is 0. The Labute approximate surface area is 71.3 Å². The summed E-state index contributed by atoms with van der Waals surface area (Å²) in [5.41, 5.74) is 1.09. The van der Waals surface area contributed by atoms with Crippen molar-refractivity contribution in [3.63, 3.8) is 0 Å². The van der Waals surface area contributed by atoms with Crippen LogP contribution in [0.5, 0.6) is 0 Å². The Hall–Kier alpha value is 0.592. The van der Waals surface area contributed by atoms with Crippen molar-refractivity contribution in [2.75, 3.05) is 0 Å². The Morgan fingerprint density at radius 2 is 1.88 bits per heavy atom. The van der Waals surface area contributed by atoms with Gasteiger partial charge in [-0.1, -0.05) is 0 Å². The molecule has 0 aliphatic heterocycles. The number of hydrogen-bond donors (Lipinski definition) is 0. The maximum absolute atomic E-state index is 3.64. The smallest absolute Gasteiger partial charge is 1.00 e. The molecule has 0 nitrogen and oxygen atoms in total. The van der Waals surface area contributed by atoms with Crippen LogP contribution in [0, 0.1) is 0 Å². The maximum atomic E-state index is 3.64. The third kappa shape index (κ3) is 16.0. The molecule has 8 heavy (non-hydrogen) atoms. The van der Waals surface area contributed by atoms with Crippen LogP contribution in [-0.4, -0.2) is 16.3 Å². The molecule has 0 fully saturated rings. The molecule has 0 aromatic heterocycles. The van der Waals surface area contributed by atoms with Gasteiger partial charge >= 0.3 is 46.4 Å². The molecule has 0 heterocycles. The second-order valence-electron chi connectivity index (χ2n) is 1.21. The van der Waals surface area contributed by atoms with Crippen LogP contribution in [0.2, 0.25) is 0 Å². The molecule has 0 radical (unpaired) electrons. The number of hydrogen-bond acceptors (Lipinski definition) is 0. The van der Waals surface area contributed by atoms with Crippen molar-refractivity contribution in [2.45, 2.75) is 6.92 Å². The third-order valence-electron chi connectivity index (χ3n) is 0.381. The van der Waals surface area contributed by atoms with Crippen molar-refractivity contribution in [2.24, 2.45) is 0 Å². The van der Waals surface area contributed by atoms with Crippen LogP contribution in [0.3, 0.4) is 0 Å². The Morgan fingerprint density at radius 1 is 1.50 bits per heavy atom. The first-order valence-electron chi connectivity index (χ1n) is 1.81. The third-order valence-corrected chi connectivity index (χ3v) is 0.573. The van der Waals surface area contributed by atoms with Crippen LogP contribution in [0.25, 0.3) is 0 Å². The second-order valence-corrected chi connectivity index (χ2v) is 1.59. The number of rotatable bonds is 1. The van der Waals surface area contributed by atoms with E-state index in [4.69, 9.17) is 0 Å². The van der Waals surface area contributed by atoms with Gasteiger partial charge in [-0.05, 0) is 0 Å². The molecule has 0 saturated heterocycles. The van der Waals surface area contributed by atoms with E-state index in [-0.39, 0.29) is 24.8 Å². The summed E-state index contributed by atoms with van der Waals surface area (Å²) in [6.07, 6.45) is 1.94. The van der Waals surface area contributed by atoms with Gasteiger partial charge in [0.1, 0.15) is 0 Å². The maximum Gasteiger partial charge on any atom is -1.00 e. The largest absolute Gasteiger partial charge is 1.00 e. The summed E-state index contributed by atoms with van der Waals surface area (Å²) in [6.45, 7) is 5.60. The molecule has 0 atom stereocenters. The van der Waals surface area contributed by atoms with Crippen molar-refractivity contribution in [1.82, 2.24) is 0 Å². The van der Waals surface area contributed by atoms with Crippen LogP contribution >= 0.6 is 0 Å². The molecule has 0 aromatic rings. The molecule has 0 unspecified atom stereocenters. The van der Waals surface area contributed by atoms with Gasteiger partial charge in [0.15, 0.2) is 0 Å². The summed E-state index contributed by atoms with van der Waals surface area (Å²) in [7, 11) is 0. The monoisotopic (exact) mass is 164 g/mol. The number of halogens is 2. The van der Waals surface area contributed by atoms with E-state index in [1.54, 1.807) is 0 Å². The molecule has 0 aliphatic rings. The molecule has 0 aliphatic carbocycles. The van der Waals surface area contributed by atoms with E-state index < -0.39 is 0 Å². The minimum atomic E-state index is 0. The Bertz CT molecular complexity index is 78.5. The van der Waals surface area contributed by atoms with E-state index in [1.165, 1.54) is 0 Å². The van der Waals surface area contributed by atoms with Crippen molar-refractivity contribution in [3.8, 4) is 0 Å². The van der Waals surface area contributed by atoms with Gasteiger partial charge < -0.3 is 24.8 Å².